The number of hydrogen-bond acceptors (Lipinski definition) is 4. The molecule has 2 aromatic rings. The lowest BCUT2D eigenvalue weighted by molar-refractivity contribution is 0.492. The molecule has 3 rings (SSSR count). The zero-order chi connectivity index (χ0) is 14.1. The number of rotatable bonds is 2. The summed E-state index contributed by atoms with van der Waals surface area (Å²) in [5.74, 6) is 0.541. The van der Waals surface area contributed by atoms with Crippen LogP contribution < -0.4 is 11.1 Å². The van der Waals surface area contributed by atoms with Crippen LogP contribution in [0.25, 0.3) is 0 Å². The summed E-state index contributed by atoms with van der Waals surface area (Å²) >= 11 is 1.76. The van der Waals surface area contributed by atoms with Gasteiger partial charge < -0.3 is 11.1 Å². The van der Waals surface area contributed by atoms with Crippen LogP contribution in [-0.2, 0) is 0 Å². The van der Waals surface area contributed by atoms with Gasteiger partial charge in [-0.2, -0.15) is 0 Å². The summed E-state index contributed by atoms with van der Waals surface area (Å²) in [5, 5.41) is 5.39. The Morgan fingerprint density at radius 2 is 2.15 bits per heavy atom. The number of benzene rings is 1. The maximum Gasteiger partial charge on any atom is 0.189 e. The van der Waals surface area contributed by atoms with Gasteiger partial charge >= 0.3 is 0 Å². The second-order valence-electron chi connectivity index (χ2n) is 5.34. The highest BCUT2D eigenvalue weighted by atomic mass is 32.1. The average molecular weight is 285 g/mol. The molecule has 20 heavy (non-hydrogen) atoms. The molecule has 0 aliphatic carbocycles. The van der Waals surface area contributed by atoms with Gasteiger partial charge in [-0.15, -0.1) is 11.3 Å². The molecule has 0 spiro atoms. The molecule has 0 radical (unpaired) electrons. The molecule has 3 N–H and O–H groups in total. The van der Waals surface area contributed by atoms with Crippen LogP contribution in [0, 0.1) is 13.8 Å². The zero-order valence-electron chi connectivity index (χ0n) is 11.8. The fraction of sp³-hybridized carbons (Fsp3) is 0.312. The molecular weight excluding hydrogens is 266 g/mol. The number of aryl methyl sites for hydroxylation is 2. The molecule has 2 heterocycles. The number of thiophene rings is 1. The highest BCUT2D eigenvalue weighted by Crippen LogP contribution is 2.35. The minimum atomic E-state index is 0.143. The Balaban J connectivity index is 1.91. The molecule has 0 amide bonds. The third kappa shape index (κ3) is 2.56. The van der Waals surface area contributed by atoms with Crippen LogP contribution >= 0.6 is 11.3 Å². The van der Waals surface area contributed by atoms with Crippen LogP contribution in [0.1, 0.15) is 40.1 Å². The molecule has 4 heteroatoms. The van der Waals surface area contributed by atoms with E-state index in [0.717, 1.165) is 6.42 Å². The molecule has 0 bridgehead atoms. The second kappa shape index (κ2) is 5.29. The first-order valence-corrected chi connectivity index (χ1v) is 7.72. The first-order chi connectivity index (χ1) is 9.63. The van der Waals surface area contributed by atoms with E-state index in [-0.39, 0.29) is 12.1 Å². The number of nitrogens with one attached hydrogen (secondary N) is 1. The fourth-order valence-corrected chi connectivity index (χ4v) is 3.58. The van der Waals surface area contributed by atoms with E-state index in [0.29, 0.717) is 5.96 Å². The summed E-state index contributed by atoms with van der Waals surface area (Å²) in [6, 6.07) is 11.2. The number of nitrogens with two attached hydrogens (primary N) is 1. The predicted molar refractivity (Wildman–Crippen MR) is 85.1 cm³/mol. The quantitative estimate of drug-likeness (QED) is 0.888. The monoisotopic (exact) mass is 285 g/mol. The van der Waals surface area contributed by atoms with Crippen molar-refractivity contribution in [3.63, 3.8) is 0 Å². The number of hydrogen-bond donors (Lipinski definition) is 2. The van der Waals surface area contributed by atoms with Crippen LogP contribution in [0.4, 0.5) is 0 Å². The van der Waals surface area contributed by atoms with Crippen LogP contribution in [0.2, 0.25) is 0 Å². The summed E-state index contributed by atoms with van der Waals surface area (Å²) in [5.41, 5.74) is 9.84. The lowest BCUT2D eigenvalue weighted by Crippen LogP contribution is -2.39. The van der Waals surface area contributed by atoms with Gasteiger partial charge in [0, 0.05) is 4.88 Å². The Bertz CT molecular complexity index is 631. The van der Waals surface area contributed by atoms with E-state index in [9.17, 15) is 0 Å². The number of aliphatic imine (C=N–C) groups is 1. The molecule has 0 fully saturated rings. The van der Waals surface area contributed by atoms with Gasteiger partial charge in [0.25, 0.3) is 0 Å². The van der Waals surface area contributed by atoms with Crippen LogP contribution in [0.3, 0.4) is 0 Å². The number of nitrogens with zero attached hydrogens (tertiary/aromatic N) is 1. The molecule has 1 aliphatic heterocycles. The second-order valence-corrected chi connectivity index (χ2v) is 6.32. The minimum Gasteiger partial charge on any atom is -0.370 e. The highest BCUT2D eigenvalue weighted by molar-refractivity contribution is 7.10. The summed E-state index contributed by atoms with van der Waals surface area (Å²) in [7, 11) is 0. The molecule has 3 nitrogen and oxygen atoms in total. The molecule has 0 saturated carbocycles. The van der Waals surface area contributed by atoms with Crippen molar-refractivity contribution in [3.8, 4) is 0 Å². The molecule has 1 aliphatic rings. The Labute approximate surface area is 123 Å². The van der Waals surface area contributed by atoms with E-state index in [1.165, 1.54) is 21.6 Å². The highest BCUT2D eigenvalue weighted by Gasteiger charge is 2.25. The molecule has 2 unspecified atom stereocenters. The van der Waals surface area contributed by atoms with E-state index in [2.05, 4.69) is 59.9 Å². The smallest absolute Gasteiger partial charge is 0.189 e. The first-order valence-electron chi connectivity index (χ1n) is 6.84. The van der Waals surface area contributed by atoms with Crippen molar-refractivity contribution < 1.29 is 0 Å². The lowest BCUT2D eigenvalue weighted by Gasteiger charge is -2.28. The molecule has 1 aromatic carbocycles. The summed E-state index contributed by atoms with van der Waals surface area (Å²) in [4.78, 5) is 5.91. The van der Waals surface area contributed by atoms with Gasteiger partial charge in [0.05, 0.1) is 12.1 Å². The lowest BCUT2D eigenvalue weighted by atomic mass is 9.93. The van der Waals surface area contributed by atoms with Gasteiger partial charge in [-0.1, -0.05) is 29.8 Å². The Hall–Kier alpha value is -1.81. The third-order valence-electron chi connectivity index (χ3n) is 3.75. The standard InChI is InChI=1S/C16H19N3S/c1-10-5-6-12(11(2)8-10)13-9-14(19-16(17)18-13)15-4-3-7-20-15/h3-8,13-14H,9H2,1-2H3,(H3,17,18,19). The summed E-state index contributed by atoms with van der Waals surface area (Å²) < 4.78 is 0. The Kier molecular flexibility index (Phi) is 3.49. The van der Waals surface area contributed by atoms with Gasteiger partial charge in [0.15, 0.2) is 5.96 Å². The van der Waals surface area contributed by atoms with Crippen LogP contribution in [0.15, 0.2) is 40.7 Å². The van der Waals surface area contributed by atoms with E-state index in [1.807, 2.05) is 0 Å². The predicted octanol–water partition coefficient (Wildman–Crippen LogP) is 3.46. The molecule has 104 valence electrons. The molecular formula is C16H19N3S. The van der Waals surface area contributed by atoms with Crippen LogP contribution in [0.5, 0.6) is 0 Å². The molecule has 1 aromatic heterocycles. The SMILES string of the molecule is Cc1ccc(C2CC(c3cccs3)NC(N)=N2)c(C)c1. The Morgan fingerprint density at radius 1 is 1.30 bits per heavy atom. The minimum absolute atomic E-state index is 0.143. The fourth-order valence-electron chi connectivity index (χ4n) is 2.79. The van der Waals surface area contributed by atoms with Crippen LogP contribution in [-0.4, -0.2) is 5.96 Å². The van der Waals surface area contributed by atoms with Crippen molar-refractivity contribution in [2.45, 2.75) is 32.4 Å². The Morgan fingerprint density at radius 3 is 2.85 bits per heavy atom. The number of guanidine groups is 1. The average Bonchev–Trinajstić information content (AvgIpc) is 2.91. The largest absolute Gasteiger partial charge is 0.370 e. The summed E-state index contributed by atoms with van der Waals surface area (Å²) in [6.45, 7) is 4.27. The normalized spacial score (nSPS) is 22.2. The maximum absolute atomic E-state index is 5.98. The molecule has 2 atom stereocenters. The van der Waals surface area contributed by atoms with Gasteiger partial charge in [-0.05, 0) is 42.8 Å². The van der Waals surface area contributed by atoms with Crippen molar-refractivity contribution in [1.29, 1.82) is 0 Å². The van der Waals surface area contributed by atoms with E-state index < -0.39 is 0 Å². The van der Waals surface area contributed by atoms with Gasteiger partial charge in [0.1, 0.15) is 0 Å². The van der Waals surface area contributed by atoms with Gasteiger partial charge in [0.2, 0.25) is 0 Å². The van der Waals surface area contributed by atoms with Crippen molar-refractivity contribution in [1.82, 2.24) is 5.32 Å². The van der Waals surface area contributed by atoms with E-state index in [1.54, 1.807) is 11.3 Å². The topological polar surface area (TPSA) is 50.4 Å². The molecule has 0 saturated heterocycles. The summed E-state index contributed by atoms with van der Waals surface area (Å²) in [6.07, 6.45) is 0.950. The van der Waals surface area contributed by atoms with Gasteiger partial charge in [-0.25, -0.2) is 4.99 Å². The van der Waals surface area contributed by atoms with E-state index in [4.69, 9.17) is 5.73 Å². The first kappa shape index (κ1) is 13.2. The maximum atomic E-state index is 5.98. The van der Waals surface area contributed by atoms with Crippen molar-refractivity contribution in [2.75, 3.05) is 0 Å². The zero-order valence-corrected chi connectivity index (χ0v) is 12.6. The van der Waals surface area contributed by atoms with Crippen molar-refractivity contribution >= 4 is 17.3 Å². The van der Waals surface area contributed by atoms with E-state index >= 15 is 0 Å². The van der Waals surface area contributed by atoms with Gasteiger partial charge in [-0.3, -0.25) is 0 Å². The van der Waals surface area contributed by atoms with Crippen molar-refractivity contribution in [2.24, 2.45) is 10.7 Å². The third-order valence-corrected chi connectivity index (χ3v) is 4.73. The van der Waals surface area contributed by atoms with Crippen molar-refractivity contribution in [3.05, 3.63) is 57.3 Å².